The maximum absolute atomic E-state index is 5.44. The molecule has 1 aromatic heterocycles. The first-order valence-corrected chi connectivity index (χ1v) is 7.61. The molecule has 5 nitrogen and oxygen atoms in total. The van der Waals surface area contributed by atoms with Crippen molar-refractivity contribution < 1.29 is 4.52 Å². The standard InChI is InChI=1S/C15H28N4O/c1-12(2)16-10-13-9-15(20-17-13)11-19(4)14-5-7-18(3)8-6-14/h9,12,14,16H,5-8,10-11H2,1-4H3. The number of aromatic nitrogens is 1. The average molecular weight is 280 g/mol. The number of likely N-dealkylation sites (tertiary alicyclic amines) is 1. The van der Waals surface area contributed by atoms with Gasteiger partial charge in [-0.05, 0) is 40.0 Å². The minimum Gasteiger partial charge on any atom is -0.360 e. The van der Waals surface area contributed by atoms with E-state index in [0.717, 1.165) is 24.5 Å². The summed E-state index contributed by atoms with van der Waals surface area (Å²) in [7, 11) is 4.38. The first-order valence-electron chi connectivity index (χ1n) is 7.61. The number of nitrogens with zero attached hydrogens (tertiary/aromatic N) is 3. The molecule has 0 aliphatic carbocycles. The van der Waals surface area contributed by atoms with Crippen molar-refractivity contribution >= 4 is 0 Å². The van der Waals surface area contributed by atoms with Crippen molar-refractivity contribution in [1.29, 1.82) is 0 Å². The lowest BCUT2D eigenvalue weighted by atomic mass is 10.0. The molecule has 0 aromatic carbocycles. The molecule has 0 spiro atoms. The lowest BCUT2D eigenvalue weighted by Gasteiger charge is -2.34. The summed E-state index contributed by atoms with van der Waals surface area (Å²) in [6.07, 6.45) is 2.48. The van der Waals surface area contributed by atoms with Crippen molar-refractivity contribution in [3.05, 3.63) is 17.5 Å². The highest BCUT2D eigenvalue weighted by atomic mass is 16.5. The lowest BCUT2D eigenvalue weighted by molar-refractivity contribution is 0.130. The highest BCUT2D eigenvalue weighted by Gasteiger charge is 2.21. The van der Waals surface area contributed by atoms with Gasteiger partial charge in [-0.1, -0.05) is 19.0 Å². The maximum atomic E-state index is 5.44. The fraction of sp³-hybridized carbons (Fsp3) is 0.800. The molecule has 1 aliphatic rings. The van der Waals surface area contributed by atoms with Crippen molar-refractivity contribution in [1.82, 2.24) is 20.3 Å². The van der Waals surface area contributed by atoms with Crippen LogP contribution in [0.3, 0.4) is 0 Å². The molecule has 0 atom stereocenters. The summed E-state index contributed by atoms with van der Waals surface area (Å²) in [6.45, 7) is 8.27. The summed E-state index contributed by atoms with van der Waals surface area (Å²) in [6, 6.07) is 3.20. The summed E-state index contributed by atoms with van der Waals surface area (Å²) in [5.41, 5.74) is 0.991. The van der Waals surface area contributed by atoms with Gasteiger partial charge < -0.3 is 14.7 Å². The van der Waals surface area contributed by atoms with Crippen molar-refractivity contribution in [2.75, 3.05) is 27.2 Å². The summed E-state index contributed by atoms with van der Waals surface area (Å²) >= 11 is 0. The van der Waals surface area contributed by atoms with Gasteiger partial charge in [-0.3, -0.25) is 4.90 Å². The number of hydrogen-bond donors (Lipinski definition) is 1. The first-order chi connectivity index (χ1) is 9.54. The van der Waals surface area contributed by atoms with Gasteiger partial charge in [-0.25, -0.2) is 0 Å². The van der Waals surface area contributed by atoms with Crippen LogP contribution in [0, 0.1) is 0 Å². The Bertz CT molecular complexity index is 396. The van der Waals surface area contributed by atoms with E-state index in [-0.39, 0.29) is 0 Å². The van der Waals surface area contributed by atoms with Crippen LogP contribution in [0.25, 0.3) is 0 Å². The third kappa shape index (κ3) is 4.58. The van der Waals surface area contributed by atoms with Crippen LogP contribution in [-0.4, -0.2) is 54.2 Å². The van der Waals surface area contributed by atoms with Crippen molar-refractivity contribution in [3.63, 3.8) is 0 Å². The first kappa shape index (κ1) is 15.5. The molecule has 0 unspecified atom stereocenters. The van der Waals surface area contributed by atoms with E-state index < -0.39 is 0 Å². The molecular weight excluding hydrogens is 252 g/mol. The van der Waals surface area contributed by atoms with Crippen LogP contribution in [0.15, 0.2) is 10.6 Å². The second-order valence-corrected chi connectivity index (χ2v) is 6.27. The molecule has 1 aliphatic heterocycles. The number of rotatable bonds is 6. The van der Waals surface area contributed by atoms with Crippen LogP contribution in [0.1, 0.15) is 38.1 Å². The summed E-state index contributed by atoms with van der Waals surface area (Å²) in [4.78, 5) is 4.79. The van der Waals surface area contributed by atoms with Crippen LogP contribution >= 0.6 is 0 Å². The number of piperidine rings is 1. The summed E-state index contributed by atoms with van der Waals surface area (Å²) in [5, 5.41) is 7.48. The minimum absolute atomic E-state index is 0.469. The largest absolute Gasteiger partial charge is 0.360 e. The second kappa shape index (κ2) is 7.20. The third-order valence-electron chi connectivity index (χ3n) is 4.02. The Kier molecular flexibility index (Phi) is 5.57. The molecule has 0 radical (unpaired) electrons. The molecule has 1 fully saturated rings. The molecule has 1 aromatic rings. The lowest BCUT2D eigenvalue weighted by Crippen LogP contribution is -2.41. The molecule has 114 valence electrons. The second-order valence-electron chi connectivity index (χ2n) is 6.27. The van der Waals surface area contributed by atoms with E-state index in [1.165, 1.54) is 25.9 Å². The molecule has 1 saturated heterocycles. The molecule has 1 N–H and O–H groups in total. The van der Waals surface area contributed by atoms with Gasteiger partial charge in [0.1, 0.15) is 0 Å². The zero-order chi connectivity index (χ0) is 14.5. The predicted molar refractivity (Wildman–Crippen MR) is 80.5 cm³/mol. The number of nitrogens with one attached hydrogen (secondary N) is 1. The average Bonchev–Trinajstić information content (AvgIpc) is 2.84. The fourth-order valence-electron chi connectivity index (χ4n) is 2.63. The minimum atomic E-state index is 0.469. The van der Waals surface area contributed by atoms with E-state index in [9.17, 15) is 0 Å². The van der Waals surface area contributed by atoms with Gasteiger partial charge >= 0.3 is 0 Å². The van der Waals surface area contributed by atoms with Crippen LogP contribution in [0.4, 0.5) is 0 Å². The van der Waals surface area contributed by atoms with Gasteiger partial charge in [0.05, 0.1) is 12.2 Å². The Hall–Kier alpha value is -0.910. The SMILES string of the molecule is CC(C)NCc1cc(CN(C)C2CCN(C)CC2)on1. The maximum Gasteiger partial charge on any atom is 0.151 e. The number of hydrogen-bond acceptors (Lipinski definition) is 5. The highest BCUT2D eigenvalue weighted by Crippen LogP contribution is 2.17. The summed E-state index contributed by atoms with van der Waals surface area (Å²) in [5.74, 6) is 0.965. The Morgan fingerprint density at radius 3 is 2.80 bits per heavy atom. The molecule has 2 rings (SSSR count). The third-order valence-corrected chi connectivity index (χ3v) is 4.02. The van der Waals surface area contributed by atoms with Crippen molar-refractivity contribution in [2.45, 2.75) is 51.9 Å². The van der Waals surface area contributed by atoms with E-state index in [1.54, 1.807) is 0 Å². The van der Waals surface area contributed by atoms with E-state index >= 15 is 0 Å². The highest BCUT2D eigenvalue weighted by molar-refractivity contribution is 5.05. The van der Waals surface area contributed by atoms with Crippen LogP contribution in [-0.2, 0) is 13.1 Å². The van der Waals surface area contributed by atoms with Gasteiger partial charge in [-0.15, -0.1) is 0 Å². The molecule has 0 saturated carbocycles. The molecule has 0 bridgehead atoms. The normalized spacial score (nSPS) is 18.3. The Morgan fingerprint density at radius 1 is 1.45 bits per heavy atom. The van der Waals surface area contributed by atoms with Gasteiger partial charge in [-0.2, -0.15) is 0 Å². The molecule has 0 amide bonds. The zero-order valence-electron chi connectivity index (χ0n) is 13.2. The van der Waals surface area contributed by atoms with Crippen molar-refractivity contribution in [2.24, 2.45) is 0 Å². The van der Waals surface area contributed by atoms with Gasteiger partial charge in [0.2, 0.25) is 0 Å². The smallest absolute Gasteiger partial charge is 0.151 e. The van der Waals surface area contributed by atoms with Crippen LogP contribution in [0.2, 0.25) is 0 Å². The molecule has 5 heteroatoms. The van der Waals surface area contributed by atoms with Crippen LogP contribution < -0.4 is 5.32 Å². The van der Waals surface area contributed by atoms with Gasteiger partial charge in [0.15, 0.2) is 5.76 Å². The molecular formula is C15H28N4O. The van der Waals surface area contributed by atoms with E-state index in [4.69, 9.17) is 4.52 Å². The van der Waals surface area contributed by atoms with Crippen molar-refractivity contribution in [3.8, 4) is 0 Å². The fourth-order valence-corrected chi connectivity index (χ4v) is 2.63. The quantitative estimate of drug-likeness (QED) is 0.859. The van der Waals surface area contributed by atoms with Crippen LogP contribution in [0.5, 0.6) is 0 Å². The Balaban J connectivity index is 1.80. The zero-order valence-corrected chi connectivity index (χ0v) is 13.2. The summed E-state index contributed by atoms with van der Waals surface area (Å²) < 4.78 is 5.44. The van der Waals surface area contributed by atoms with E-state index in [2.05, 4.69) is 54.3 Å². The molecule has 2 heterocycles. The monoisotopic (exact) mass is 280 g/mol. The van der Waals surface area contributed by atoms with Gasteiger partial charge in [0.25, 0.3) is 0 Å². The predicted octanol–water partition coefficient (Wildman–Crippen LogP) is 1.70. The molecule has 20 heavy (non-hydrogen) atoms. The topological polar surface area (TPSA) is 44.5 Å². The Labute approximate surface area is 122 Å². The van der Waals surface area contributed by atoms with E-state index in [1.807, 2.05) is 0 Å². The van der Waals surface area contributed by atoms with E-state index in [0.29, 0.717) is 12.1 Å². The Morgan fingerprint density at radius 2 is 2.15 bits per heavy atom. The van der Waals surface area contributed by atoms with Gasteiger partial charge in [0, 0.05) is 24.7 Å².